The first-order valence-electron chi connectivity index (χ1n) is 10.1. The third-order valence-corrected chi connectivity index (χ3v) is 5.25. The second-order valence-corrected chi connectivity index (χ2v) is 7.44. The van der Waals surface area contributed by atoms with Gasteiger partial charge in [0.1, 0.15) is 12.2 Å². The fourth-order valence-electron chi connectivity index (χ4n) is 3.85. The van der Waals surface area contributed by atoms with Crippen LogP contribution in [0.3, 0.4) is 0 Å². The molecule has 2 aromatic carbocycles. The SMILES string of the molecule is CC(=O)NC1C(OCc2ccccc2)OC2COC(c3ccccc3)OC2C1N=[N+]=[N-]. The molecule has 162 valence electrons. The molecule has 9 nitrogen and oxygen atoms in total. The molecule has 0 aliphatic carbocycles. The van der Waals surface area contributed by atoms with Gasteiger partial charge in [-0.2, -0.15) is 0 Å². The minimum Gasteiger partial charge on any atom is -0.348 e. The van der Waals surface area contributed by atoms with E-state index in [1.54, 1.807) is 0 Å². The van der Waals surface area contributed by atoms with E-state index in [4.69, 9.17) is 18.9 Å². The summed E-state index contributed by atoms with van der Waals surface area (Å²) in [5.41, 5.74) is 11.0. The molecule has 2 aliphatic heterocycles. The number of benzene rings is 2. The van der Waals surface area contributed by atoms with E-state index in [9.17, 15) is 10.3 Å². The Morgan fingerprint density at radius 1 is 1.16 bits per heavy atom. The molecule has 4 rings (SSSR count). The Balaban J connectivity index is 1.56. The number of amides is 1. The molecule has 0 spiro atoms. The average molecular weight is 424 g/mol. The van der Waals surface area contributed by atoms with Gasteiger partial charge in [0.05, 0.1) is 25.3 Å². The van der Waals surface area contributed by atoms with E-state index in [2.05, 4.69) is 15.3 Å². The van der Waals surface area contributed by atoms with E-state index in [0.717, 1.165) is 11.1 Å². The largest absolute Gasteiger partial charge is 0.348 e. The molecule has 31 heavy (non-hydrogen) atoms. The molecule has 2 heterocycles. The number of hydrogen-bond acceptors (Lipinski definition) is 6. The number of carbonyl (C=O) groups excluding carboxylic acids is 1. The van der Waals surface area contributed by atoms with Crippen LogP contribution in [-0.2, 0) is 30.3 Å². The highest BCUT2D eigenvalue weighted by Crippen LogP contribution is 2.36. The summed E-state index contributed by atoms with van der Waals surface area (Å²) in [6.45, 7) is 1.90. The van der Waals surface area contributed by atoms with Crippen LogP contribution < -0.4 is 5.32 Å². The molecule has 2 aliphatic rings. The first kappa shape index (κ1) is 21.3. The highest BCUT2D eigenvalue weighted by Gasteiger charge is 2.50. The van der Waals surface area contributed by atoms with Crippen molar-refractivity contribution in [1.82, 2.24) is 5.32 Å². The lowest BCUT2D eigenvalue weighted by molar-refractivity contribution is -0.327. The first-order valence-corrected chi connectivity index (χ1v) is 10.1. The summed E-state index contributed by atoms with van der Waals surface area (Å²) >= 11 is 0. The van der Waals surface area contributed by atoms with Gasteiger partial charge in [0, 0.05) is 17.4 Å². The average Bonchev–Trinajstić information content (AvgIpc) is 2.80. The lowest BCUT2D eigenvalue weighted by Gasteiger charge is -2.48. The molecule has 6 unspecified atom stereocenters. The van der Waals surface area contributed by atoms with Crippen LogP contribution in [-0.4, -0.2) is 43.1 Å². The Kier molecular flexibility index (Phi) is 6.81. The van der Waals surface area contributed by atoms with E-state index < -0.39 is 36.9 Å². The molecule has 0 bridgehead atoms. The number of nitrogens with one attached hydrogen (secondary N) is 1. The smallest absolute Gasteiger partial charge is 0.217 e. The monoisotopic (exact) mass is 424 g/mol. The summed E-state index contributed by atoms with van der Waals surface area (Å²) in [5.74, 6) is -0.287. The van der Waals surface area contributed by atoms with Crippen LogP contribution in [0, 0.1) is 0 Å². The summed E-state index contributed by atoms with van der Waals surface area (Å²) in [5, 5.41) is 6.78. The van der Waals surface area contributed by atoms with Crippen molar-refractivity contribution in [2.75, 3.05) is 6.61 Å². The molecule has 0 aromatic heterocycles. The van der Waals surface area contributed by atoms with E-state index in [0.29, 0.717) is 0 Å². The Morgan fingerprint density at radius 2 is 1.87 bits per heavy atom. The van der Waals surface area contributed by atoms with Crippen molar-refractivity contribution < 1.29 is 23.7 Å². The number of rotatable bonds is 6. The van der Waals surface area contributed by atoms with E-state index in [1.165, 1.54) is 6.92 Å². The fraction of sp³-hybridized carbons (Fsp3) is 0.409. The molecule has 2 aromatic rings. The van der Waals surface area contributed by atoms with Crippen molar-refractivity contribution in [2.45, 2.75) is 50.4 Å². The standard InChI is InChI=1S/C22H24N4O5/c1-14(27)24-19-18(25-26-23)20-17(13-29-21(31-20)16-10-6-3-7-11-16)30-22(19)28-12-15-8-4-2-5-9-15/h2-11,17-22H,12-13H2,1H3,(H,24,27). The number of azide groups is 1. The van der Waals surface area contributed by atoms with Crippen molar-refractivity contribution in [3.8, 4) is 0 Å². The van der Waals surface area contributed by atoms with Gasteiger partial charge in [-0.1, -0.05) is 65.8 Å². The zero-order chi connectivity index (χ0) is 21.6. The van der Waals surface area contributed by atoms with Crippen LogP contribution >= 0.6 is 0 Å². The summed E-state index contributed by atoms with van der Waals surface area (Å²) in [4.78, 5) is 14.9. The second kappa shape index (κ2) is 9.91. The van der Waals surface area contributed by atoms with Gasteiger partial charge >= 0.3 is 0 Å². The van der Waals surface area contributed by atoms with Crippen LogP contribution in [0.4, 0.5) is 0 Å². The van der Waals surface area contributed by atoms with Crippen LogP contribution in [0.5, 0.6) is 0 Å². The maximum atomic E-state index is 11.9. The molecular weight excluding hydrogens is 400 g/mol. The molecule has 9 heteroatoms. The topological polar surface area (TPSA) is 115 Å². The highest BCUT2D eigenvalue weighted by atomic mass is 16.7. The van der Waals surface area contributed by atoms with Crippen LogP contribution in [0.15, 0.2) is 65.8 Å². The Labute approximate surface area is 179 Å². The molecule has 1 amide bonds. The minimum atomic E-state index is -0.832. The van der Waals surface area contributed by atoms with Crippen molar-refractivity contribution in [1.29, 1.82) is 0 Å². The quantitative estimate of drug-likeness (QED) is 0.434. The van der Waals surface area contributed by atoms with E-state index >= 15 is 0 Å². The maximum Gasteiger partial charge on any atom is 0.217 e. The molecule has 2 saturated heterocycles. The van der Waals surface area contributed by atoms with Crippen LogP contribution in [0.25, 0.3) is 10.4 Å². The second-order valence-electron chi connectivity index (χ2n) is 7.44. The highest BCUT2D eigenvalue weighted by molar-refractivity contribution is 5.73. The van der Waals surface area contributed by atoms with Gasteiger partial charge in [-0.05, 0) is 11.1 Å². The molecule has 0 saturated carbocycles. The predicted octanol–water partition coefficient (Wildman–Crippen LogP) is 3.23. The van der Waals surface area contributed by atoms with Gasteiger partial charge in [-0.25, -0.2) is 0 Å². The third kappa shape index (κ3) is 5.04. The van der Waals surface area contributed by atoms with Gasteiger partial charge in [0.2, 0.25) is 5.91 Å². The molecule has 0 radical (unpaired) electrons. The van der Waals surface area contributed by atoms with Crippen LogP contribution in [0.1, 0.15) is 24.3 Å². The lowest BCUT2D eigenvalue weighted by Crippen LogP contribution is -2.65. The first-order chi connectivity index (χ1) is 15.2. The van der Waals surface area contributed by atoms with Crippen molar-refractivity contribution in [3.63, 3.8) is 0 Å². The summed E-state index contributed by atoms with van der Waals surface area (Å²) in [7, 11) is 0. The minimum absolute atomic E-state index is 0.236. The zero-order valence-electron chi connectivity index (χ0n) is 17.0. The number of ether oxygens (including phenoxy) is 4. The summed E-state index contributed by atoms with van der Waals surface area (Å²) in [6, 6.07) is 17.6. The third-order valence-electron chi connectivity index (χ3n) is 5.25. The summed E-state index contributed by atoms with van der Waals surface area (Å²) in [6.07, 6.45) is -2.58. The Hall–Kier alpha value is -2.94. The molecule has 6 atom stereocenters. The van der Waals surface area contributed by atoms with Gasteiger partial charge < -0.3 is 24.3 Å². The van der Waals surface area contributed by atoms with Crippen LogP contribution in [0.2, 0.25) is 0 Å². The van der Waals surface area contributed by atoms with E-state index in [-0.39, 0.29) is 19.1 Å². The van der Waals surface area contributed by atoms with Gasteiger partial charge in [0.25, 0.3) is 0 Å². The maximum absolute atomic E-state index is 11.9. The predicted molar refractivity (Wildman–Crippen MR) is 110 cm³/mol. The Morgan fingerprint density at radius 3 is 2.55 bits per heavy atom. The van der Waals surface area contributed by atoms with Gasteiger partial charge in [-0.3, -0.25) is 4.79 Å². The number of carbonyl (C=O) groups is 1. The molecular formula is C22H24N4O5. The summed E-state index contributed by atoms with van der Waals surface area (Å²) < 4.78 is 24.1. The van der Waals surface area contributed by atoms with Crippen molar-refractivity contribution >= 4 is 5.91 Å². The fourth-order valence-corrected chi connectivity index (χ4v) is 3.85. The van der Waals surface area contributed by atoms with Gasteiger partial charge in [-0.15, -0.1) is 0 Å². The van der Waals surface area contributed by atoms with Crippen molar-refractivity contribution in [2.24, 2.45) is 5.11 Å². The lowest BCUT2D eigenvalue weighted by atomic mass is 9.93. The van der Waals surface area contributed by atoms with E-state index in [1.807, 2.05) is 60.7 Å². The van der Waals surface area contributed by atoms with Crippen molar-refractivity contribution in [3.05, 3.63) is 82.2 Å². The van der Waals surface area contributed by atoms with Gasteiger partial charge in [0.15, 0.2) is 12.6 Å². The number of fused-ring (bicyclic) bond motifs is 1. The normalized spacial score (nSPS) is 30.0. The zero-order valence-corrected chi connectivity index (χ0v) is 17.0. The number of hydrogen-bond donors (Lipinski definition) is 1. The molecule has 2 fully saturated rings. The Bertz CT molecular complexity index is 922. The molecule has 1 N–H and O–H groups in total. The number of nitrogens with zero attached hydrogens (tertiary/aromatic N) is 3.